The van der Waals surface area contributed by atoms with E-state index in [9.17, 15) is 43.2 Å². The molecule has 0 aliphatic carbocycles. The molecule has 0 rings (SSSR count). The summed E-state index contributed by atoms with van der Waals surface area (Å²) in [6.45, 7) is 9.43. The fraction of sp³-hybridized carbons (Fsp3) is 0.938. The highest BCUT2D eigenvalue weighted by molar-refractivity contribution is 7.47. The number of carbonyl (C=O) groups excluding carboxylic acids is 4. The quantitative estimate of drug-likeness (QED) is 0.0222. The minimum atomic E-state index is -4.94. The van der Waals surface area contributed by atoms with Crippen molar-refractivity contribution in [1.29, 1.82) is 0 Å². The van der Waals surface area contributed by atoms with Gasteiger partial charge in [0.05, 0.1) is 26.4 Å². The molecule has 0 aromatic carbocycles. The van der Waals surface area contributed by atoms with Crippen LogP contribution in [-0.4, -0.2) is 96.7 Å². The Bertz CT molecular complexity index is 1630. The van der Waals surface area contributed by atoms with Crippen LogP contribution >= 0.6 is 15.6 Å². The van der Waals surface area contributed by atoms with Crippen LogP contribution in [0, 0.1) is 11.8 Å². The van der Waals surface area contributed by atoms with Gasteiger partial charge in [-0.05, 0) is 37.5 Å². The van der Waals surface area contributed by atoms with E-state index in [2.05, 4.69) is 41.5 Å². The summed E-state index contributed by atoms with van der Waals surface area (Å²) in [5.41, 5.74) is 0. The van der Waals surface area contributed by atoms with Gasteiger partial charge in [0.15, 0.2) is 12.2 Å². The molecule has 0 fully saturated rings. The standard InChI is InChI=1S/C64H124O17P2/c1-7-10-12-14-16-22-27-34-40-46-61(66)74-52-59(80-63(68)48-42-36-28-23-17-15-13-11-8-2)54-78-82(70,71)76-50-58(65)51-77-83(72,73)79-55-60(53-75-62(67)47-41-35-31-30-33-39-45-57(6)9-3)81-64(69)49-43-37-29-25-21-19-18-20-24-26-32-38-44-56(4)5/h56-60,65H,7-55H2,1-6H3,(H,70,71)(H,72,73)/t57?,58-,59+,60+/m0/s1. The molecule has 0 aromatic heterocycles. The second-order valence-electron chi connectivity index (χ2n) is 23.9. The third-order valence-corrected chi connectivity index (χ3v) is 17.0. The normalized spacial score (nSPS) is 14.6. The van der Waals surface area contributed by atoms with Crippen molar-refractivity contribution >= 4 is 39.5 Å². The van der Waals surface area contributed by atoms with Crippen molar-refractivity contribution < 1.29 is 80.2 Å². The predicted molar refractivity (Wildman–Crippen MR) is 331 cm³/mol. The molecular weight excluding hydrogens is 1100 g/mol. The van der Waals surface area contributed by atoms with Gasteiger partial charge in [-0.25, -0.2) is 9.13 Å². The average Bonchev–Trinajstić information content (AvgIpc) is 3.46. The minimum absolute atomic E-state index is 0.105. The molecule has 0 aliphatic rings. The molecule has 0 amide bonds. The number of hydrogen-bond donors (Lipinski definition) is 3. The van der Waals surface area contributed by atoms with Crippen LogP contribution in [0.15, 0.2) is 0 Å². The van der Waals surface area contributed by atoms with E-state index < -0.39 is 97.5 Å². The molecule has 19 heteroatoms. The number of aliphatic hydroxyl groups excluding tert-OH is 1. The lowest BCUT2D eigenvalue weighted by Crippen LogP contribution is -2.30. The third kappa shape index (κ3) is 57.6. The first-order valence-electron chi connectivity index (χ1n) is 33.5. The molecule has 0 aliphatic heterocycles. The SMILES string of the molecule is CCCCCCCCCCCC(=O)OC[C@H](COP(=O)(O)OC[C@H](O)COP(=O)(O)OC[C@@H](COC(=O)CCCCCCCCC(C)CC)OC(=O)CCCCCCCCCCCCCCC(C)C)OC(=O)CCCCCCCCCCC. The molecule has 3 N–H and O–H groups in total. The Morgan fingerprint density at radius 1 is 0.349 bits per heavy atom. The summed E-state index contributed by atoms with van der Waals surface area (Å²) in [6, 6.07) is 0. The van der Waals surface area contributed by atoms with Gasteiger partial charge in [0, 0.05) is 25.7 Å². The maximum atomic E-state index is 13.0. The summed E-state index contributed by atoms with van der Waals surface area (Å²) in [6.07, 6.45) is 38.9. The lowest BCUT2D eigenvalue weighted by molar-refractivity contribution is -0.161. The molecule has 3 unspecified atom stereocenters. The van der Waals surface area contributed by atoms with Gasteiger partial charge in [-0.15, -0.1) is 0 Å². The Morgan fingerprint density at radius 3 is 0.916 bits per heavy atom. The number of aliphatic hydroxyl groups is 1. The second kappa shape index (κ2) is 56.6. The van der Waals surface area contributed by atoms with Crippen LogP contribution in [-0.2, 0) is 65.4 Å². The average molecular weight is 1230 g/mol. The zero-order chi connectivity index (χ0) is 61.5. The second-order valence-corrected chi connectivity index (χ2v) is 26.8. The summed E-state index contributed by atoms with van der Waals surface area (Å²) in [7, 11) is -9.88. The van der Waals surface area contributed by atoms with Gasteiger partial charge < -0.3 is 33.8 Å². The van der Waals surface area contributed by atoms with E-state index in [0.717, 1.165) is 108 Å². The van der Waals surface area contributed by atoms with Crippen LogP contribution in [0.2, 0.25) is 0 Å². The summed E-state index contributed by atoms with van der Waals surface area (Å²) in [5, 5.41) is 10.5. The topological polar surface area (TPSA) is 237 Å². The van der Waals surface area contributed by atoms with Crippen molar-refractivity contribution in [3.8, 4) is 0 Å². The Balaban J connectivity index is 5.22. The van der Waals surface area contributed by atoms with E-state index in [1.807, 2.05) is 0 Å². The summed E-state index contributed by atoms with van der Waals surface area (Å²) in [4.78, 5) is 72.1. The van der Waals surface area contributed by atoms with Gasteiger partial charge in [0.25, 0.3) is 0 Å². The van der Waals surface area contributed by atoms with Crippen LogP contribution < -0.4 is 0 Å². The lowest BCUT2D eigenvalue weighted by atomic mass is 10.00. The molecule has 0 radical (unpaired) electrons. The Hall–Kier alpha value is -1.94. The number of carbonyl (C=O) groups is 4. The highest BCUT2D eigenvalue weighted by atomic mass is 31.2. The lowest BCUT2D eigenvalue weighted by Gasteiger charge is -2.21. The van der Waals surface area contributed by atoms with Crippen LogP contribution in [0.1, 0.15) is 318 Å². The van der Waals surface area contributed by atoms with Gasteiger partial charge in [0.2, 0.25) is 0 Å². The van der Waals surface area contributed by atoms with E-state index in [1.54, 1.807) is 0 Å². The zero-order valence-corrected chi connectivity index (χ0v) is 55.3. The third-order valence-electron chi connectivity index (χ3n) is 15.1. The maximum Gasteiger partial charge on any atom is 0.472 e. The van der Waals surface area contributed by atoms with E-state index in [-0.39, 0.29) is 25.7 Å². The zero-order valence-electron chi connectivity index (χ0n) is 53.5. The smallest absolute Gasteiger partial charge is 0.462 e. The van der Waals surface area contributed by atoms with E-state index in [0.29, 0.717) is 25.7 Å². The molecule has 0 bridgehead atoms. The van der Waals surface area contributed by atoms with Gasteiger partial charge in [-0.1, -0.05) is 266 Å². The van der Waals surface area contributed by atoms with Crippen molar-refractivity contribution in [3.05, 3.63) is 0 Å². The number of hydrogen-bond acceptors (Lipinski definition) is 15. The first kappa shape index (κ1) is 81.1. The molecule has 492 valence electrons. The van der Waals surface area contributed by atoms with E-state index >= 15 is 0 Å². The van der Waals surface area contributed by atoms with Crippen LogP contribution in [0.3, 0.4) is 0 Å². The first-order valence-corrected chi connectivity index (χ1v) is 36.5. The highest BCUT2D eigenvalue weighted by Crippen LogP contribution is 2.45. The number of unbranched alkanes of at least 4 members (excludes halogenated alkanes) is 32. The van der Waals surface area contributed by atoms with Crippen molar-refractivity contribution in [3.63, 3.8) is 0 Å². The fourth-order valence-electron chi connectivity index (χ4n) is 9.50. The summed E-state index contributed by atoms with van der Waals surface area (Å²) in [5.74, 6) is -0.629. The Kier molecular flexibility index (Phi) is 55.2. The molecule has 0 saturated heterocycles. The molecule has 6 atom stereocenters. The predicted octanol–water partition coefficient (Wildman–Crippen LogP) is 17.7. The van der Waals surface area contributed by atoms with Crippen LogP contribution in [0.4, 0.5) is 0 Å². The van der Waals surface area contributed by atoms with Crippen LogP contribution in [0.5, 0.6) is 0 Å². The molecule has 0 heterocycles. The fourth-order valence-corrected chi connectivity index (χ4v) is 11.1. The van der Waals surface area contributed by atoms with Crippen molar-refractivity contribution in [2.24, 2.45) is 11.8 Å². The van der Waals surface area contributed by atoms with Crippen molar-refractivity contribution in [1.82, 2.24) is 0 Å². The molecule has 0 aromatic rings. The molecule has 0 spiro atoms. The number of phosphoric ester groups is 2. The van der Waals surface area contributed by atoms with Crippen molar-refractivity contribution in [2.45, 2.75) is 336 Å². The highest BCUT2D eigenvalue weighted by Gasteiger charge is 2.30. The summed E-state index contributed by atoms with van der Waals surface area (Å²) < 4.78 is 67.9. The Morgan fingerprint density at radius 2 is 0.614 bits per heavy atom. The van der Waals surface area contributed by atoms with Gasteiger partial charge in [-0.3, -0.25) is 37.3 Å². The number of rotatable bonds is 63. The number of esters is 4. The van der Waals surface area contributed by atoms with Gasteiger partial charge in [0.1, 0.15) is 19.3 Å². The molecule has 0 saturated carbocycles. The number of ether oxygens (including phenoxy) is 4. The van der Waals surface area contributed by atoms with E-state index in [1.165, 1.54) is 128 Å². The maximum absolute atomic E-state index is 13.0. The van der Waals surface area contributed by atoms with Gasteiger partial charge in [-0.2, -0.15) is 0 Å². The molecular formula is C64H124O17P2. The number of phosphoric acid groups is 2. The van der Waals surface area contributed by atoms with E-state index in [4.69, 9.17) is 37.0 Å². The summed E-state index contributed by atoms with van der Waals surface area (Å²) >= 11 is 0. The largest absolute Gasteiger partial charge is 0.472 e. The van der Waals surface area contributed by atoms with Crippen molar-refractivity contribution in [2.75, 3.05) is 39.6 Å². The minimum Gasteiger partial charge on any atom is -0.462 e. The first-order chi connectivity index (χ1) is 39.9. The monoisotopic (exact) mass is 1230 g/mol. The molecule has 83 heavy (non-hydrogen) atoms. The Labute approximate surface area is 505 Å². The van der Waals surface area contributed by atoms with Crippen LogP contribution in [0.25, 0.3) is 0 Å². The van der Waals surface area contributed by atoms with Gasteiger partial charge >= 0.3 is 39.5 Å². The molecule has 17 nitrogen and oxygen atoms in total.